The van der Waals surface area contributed by atoms with E-state index < -0.39 is 28.0 Å². The van der Waals surface area contributed by atoms with Gasteiger partial charge >= 0.3 is 0 Å². The largest absolute Gasteiger partial charge is 0.387 e. The smallest absolute Gasteiger partial charge is 0.267 e. The molecule has 6 nitrogen and oxygen atoms in total. The van der Waals surface area contributed by atoms with Gasteiger partial charge in [0.2, 0.25) is 5.91 Å². The van der Waals surface area contributed by atoms with Crippen molar-refractivity contribution < 1.29 is 22.9 Å². The molecule has 0 saturated heterocycles. The van der Waals surface area contributed by atoms with Gasteiger partial charge in [0.15, 0.2) is 0 Å². The van der Waals surface area contributed by atoms with Crippen molar-refractivity contribution in [1.29, 1.82) is 0 Å². The Bertz CT molecular complexity index is 1100. The van der Waals surface area contributed by atoms with Crippen molar-refractivity contribution in [2.24, 2.45) is 0 Å². The predicted molar refractivity (Wildman–Crippen MR) is 202 cm³/mol. The average Bonchev–Trinajstić information content (AvgIpc) is 3.03. The molecule has 2 unspecified atom stereocenters. The zero-order valence-corrected chi connectivity index (χ0v) is 30.2. The standard InChI is InChI=1S/C40H65NO5S/c1-3-5-7-9-11-13-15-17-18-19-20-21-22-24-26-28-30-32-34-36-40(43)41-38(37-47(44,45)46)39(42)35-33-31-29-27-25-23-16-14-12-10-8-6-4-2/h5,7,11,13,17-18,20-21,24-27,30,32-33,35,38-39,42H,3-4,6,8-10,12,14-16,19,22-23,28-29,31,34,36-37H2,1-2H3,(H,41,43)(H,44,45,46)/b7-5-,13-11-,18-17-,21-20-,26-24-,27-25+,32-30-,35-33+. The van der Waals surface area contributed by atoms with E-state index >= 15 is 0 Å². The van der Waals surface area contributed by atoms with Crippen LogP contribution in [0, 0.1) is 0 Å². The molecule has 0 aliphatic heterocycles. The fourth-order valence-corrected chi connectivity index (χ4v) is 5.34. The number of carbonyl (C=O) groups is 1. The second-order valence-electron chi connectivity index (χ2n) is 11.8. The van der Waals surface area contributed by atoms with E-state index in [4.69, 9.17) is 0 Å². The van der Waals surface area contributed by atoms with E-state index in [9.17, 15) is 22.9 Å². The summed E-state index contributed by atoms with van der Waals surface area (Å²) in [7, 11) is -4.38. The van der Waals surface area contributed by atoms with Crippen LogP contribution in [0.3, 0.4) is 0 Å². The lowest BCUT2D eigenvalue weighted by Crippen LogP contribution is -2.46. The van der Waals surface area contributed by atoms with Crippen LogP contribution in [-0.2, 0) is 14.9 Å². The molecule has 0 aliphatic rings. The Hall–Kier alpha value is -2.74. The fraction of sp³-hybridized carbons (Fsp3) is 0.575. The molecular formula is C40H65NO5S. The van der Waals surface area contributed by atoms with Crippen LogP contribution in [0.4, 0.5) is 0 Å². The van der Waals surface area contributed by atoms with Crippen LogP contribution in [0.2, 0.25) is 0 Å². The highest BCUT2D eigenvalue weighted by atomic mass is 32.2. The number of amides is 1. The number of hydrogen-bond donors (Lipinski definition) is 3. The third-order valence-corrected chi connectivity index (χ3v) is 8.04. The molecule has 0 radical (unpaired) electrons. The first-order valence-electron chi connectivity index (χ1n) is 17.9. The molecule has 266 valence electrons. The van der Waals surface area contributed by atoms with Crippen molar-refractivity contribution in [2.75, 3.05) is 5.75 Å². The van der Waals surface area contributed by atoms with Gasteiger partial charge < -0.3 is 10.4 Å². The van der Waals surface area contributed by atoms with Gasteiger partial charge in [-0.15, -0.1) is 0 Å². The predicted octanol–water partition coefficient (Wildman–Crippen LogP) is 10.2. The third-order valence-electron chi connectivity index (χ3n) is 7.26. The van der Waals surface area contributed by atoms with Crippen molar-refractivity contribution in [3.63, 3.8) is 0 Å². The summed E-state index contributed by atoms with van der Waals surface area (Å²) >= 11 is 0. The summed E-state index contributed by atoms with van der Waals surface area (Å²) in [6, 6.07) is -1.12. The SMILES string of the molecule is CC/C=C\C/C=C\C/C=C\C/C=C\C/C=C\C/C=C\CCC(=O)NC(CS(=O)(=O)O)C(O)/C=C/CC/C=C/CCCCCCCCC. The molecule has 0 heterocycles. The molecule has 7 heteroatoms. The van der Waals surface area contributed by atoms with Crippen molar-refractivity contribution >= 4 is 16.0 Å². The first kappa shape index (κ1) is 44.3. The Labute approximate surface area is 288 Å². The highest BCUT2D eigenvalue weighted by Gasteiger charge is 2.24. The van der Waals surface area contributed by atoms with E-state index in [0.717, 1.165) is 51.4 Å². The van der Waals surface area contributed by atoms with Crippen molar-refractivity contribution in [2.45, 2.75) is 142 Å². The summed E-state index contributed by atoms with van der Waals surface area (Å²) in [5.41, 5.74) is 0. The second-order valence-corrected chi connectivity index (χ2v) is 13.3. The minimum Gasteiger partial charge on any atom is -0.387 e. The molecule has 0 rings (SSSR count). The number of unbranched alkanes of at least 4 members (excludes halogenated alkanes) is 8. The Morgan fingerprint density at radius 2 is 1.04 bits per heavy atom. The van der Waals surface area contributed by atoms with E-state index in [1.165, 1.54) is 51.0 Å². The lowest BCUT2D eigenvalue weighted by molar-refractivity contribution is -0.122. The number of rotatable bonds is 30. The van der Waals surface area contributed by atoms with Crippen LogP contribution in [0.15, 0.2) is 97.2 Å². The van der Waals surface area contributed by atoms with Gasteiger partial charge in [0.1, 0.15) is 0 Å². The molecule has 0 fully saturated rings. The van der Waals surface area contributed by atoms with Gasteiger partial charge in [-0.2, -0.15) is 8.42 Å². The summed E-state index contributed by atoms with van der Waals surface area (Å²) in [5, 5.41) is 13.1. The van der Waals surface area contributed by atoms with Crippen LogP contribution in [0.25, 0.3) is 0 Å². The van der Waals surface area contributed by atoms with Gasteiger partial charge in [-0.1, -0.05) is 150 Å². The van der Waals surface area contributed by atoms with Gasteiger partial charge in [-0.25, -0.2) is 0 Å². The lowest BCUT2D eigenvalue weighted by Gasteiger charge is -2.20. The minimum atomic E-state index is -4.38. The first-order chi connectivity index (χ1) is 22.8. The monoisotopic (exact) mass is 671 g/mol. The molecule has 3 N–H and O–H groups in total. The highest BCUT2D eigenvalue weighted by Crippen LogP contribution is 2.09. The van der Waals surface area contributed by atoms with Crippen LogP contribution < -0.4 is 5.32 Å². The zero-order chi connectivity index (χ0) is 34.7. The number of nitrogens with one attached hydrogen (secondary N) is 1. The van der Waals surface area contributed by atoms with Gasteiger partial charge in [-0.3, -0.25) is 9.35 Å². The van der Waals surface area contributed by atoms with E-state index in [2.05, 4.69) is 92.1 Å². The number of hydrogen-bond acceptors (Lipinski definition) is 4. The summed E-state index contributed by atoms with van der Waals surface area (Å²) in [6.07, 6.45) is 49.7. The first-order valence-corrected chi connectivity index (χ1v) is 19.5. The molecule has 0 aromatic heterocycles. The molecular weight excluding hydrogens is 607 g/mol. The summed E-state index contributed by atoms with van der Waals surface area (Å²) < 4.78 is 32.3. The molecule has 47 heavy (non-hydrogen) atoms. The van der Waals surface area contributed by atoms with E-state index in [0.29, 0.717) is 12.8 Å². The number of allylic oxidation sites excluding steroid dienone is 15. The number of aliphatic hydroxyl groups is 1. The maximum Gasteiger partial charge on any atom is 0.267 e. The third kappa shape index (κ3) is 34.4. The lowest BCUT2D eigenvalue weighted by atomic mass is 10.1. The topological polar surface area (TPSA) is 104 Å². The molecule has 0 spiro atoms. The summed E-state index contributed by atoms with van der Waals surface area (Å²) in [6.45, 7) is 4.37. The second kappa shape index (κ2) is 33.2. The van der Waals surface area contributed by atoms with Crippen LogP contribution in [-0.4, -0.2) is 41.9 Å². The molecule has 0 aromatic carbocycles. The van der Waals surface area contributed by atoms with Gasteiger partial charge in [-0.05, 0) is 70.6 Å². The zero-order valence-electron chi connectivity index (χ0n) is 29.4. The Kier molecular flexibility index (Phi) is 31.2. The van der Waals surface area contributed by atoms with Gasteiger partial charge in [0, 0.05) is 6.42 Å². The maximum atomic E-state index is 12.4. The molecule has 0 bridgehead atoms. The molecule has 0 saturated carbocycles. The van der Waals surface area contributed by atoms with Crippen molar-refractivity contribution in [3.05, 3.63) is 97.2 Å². The Morgan fingerprint density at radius 3 is 1.57 bits per heavy atom. The Morgan fingerprint density at radius 1 is 0.596 bits per heavy atom. The van der Waals surface area contributed by atoms with Crippen LogP contribution in [0.5, 0.6) is 0 Å². The minimum absolute atomic E-state index is 0.157. The molecule has 1 amide bonds. The molecule has 2 atom stereocenters. The summed E-state index contributed by atoms with van der Waals surface area (Å²) in [5.74, 6) is -1.12. The number of aliphatic hydroxyl groups excluding tert-OH is 1. The highest BCUT2D eigenvalue weighted by molar-refractivity contribution is 7.85. The summed E-state index contributed by atoms with van der Waals surface area (Å²) in [4.78, 5) is 12.4. The van der Waals surface area contributed by atoms with E-state index in [1.807, 2.05) is 12.2 Å². The van der Waals surface area contributed by atoms with Gasteiger partial charge in [0.05, 0.1) is 17.9 Å². The molecule has 0 aromatic rings. The molecule has 0 aliphatic carbocycles. The normalized spacial score (nSPS) is 14.6. The quantitative estimate of drug-likeness (QED) is 0.0401. The maximum absolute atomic E-state index is 12.4. The van der Waals surface area contributed by atoms with Crippen LogP contribution in [0.1, 0.15) is 129 Å². The average molecular weight is 672 g/mol. The van der Waals surface area contributed by atoms with Crippen LogP contribution >= 0.6 is 0 Å². The van der Waals surface area contributed by atoms with E-state index in [1.54, 1.807) is 6.08 Å². The number of carbonyl (C=O) groups excluding carboxylic acids is 1. The fourth-order valence-electron chi connectivity index (χ4n) is 4.60. The van der Waals surface area contributed by atoms with Crippen molar-refractivity contribution in [1.82, 2.24) is 5.32 Å². The Balaban J connectivity index is 4.23. The van der Waals surface area contributed by atoms with Gasteiger partial charge in [0.25, 0.3) is 10.1 Å². The van der Waals surface area contributed by atoms with E-state index in [-0.39, 0.29) is 12.3 Å². The van der Waals surface area contributed by atoms with Crippen molar-refractivity contribution in [3.8, 4) is 0 Å².